The highest BCUT2D eigenvalue weighted by molar-refractivity contribution is 5.76. The van der Waals surface area contributed by atoms with Gasteiger partial charge in [0, 0.05) is 18.5 Å². The van der Waals surface area contributed by atoms with Gasteiger partial charge >= 0.3 is 0 Å². The van der Waals surface area contributed by atoms with Gasteiger partial charge in [-0.3, -0.25) is 0 Å². The van der Waals surface area contributed by atoms with Gasteiger partial charge in [-0.2, -0.15) is 0 Å². The molecule has 1 heterocycles. The Bertz CT molecular complexity index is 464. The first-order valence-corrected chi connectivity index (χ1v) is 8.57. The molecule has 0 saturated heterocycles. The Hall–Kier alpha value is -1.38. The third kappa shape index (κ3) is 3.28. The molecule has 1 aromatic rings. The van der Waals surface area contributed by atoms with Gasteiger partial charge in [0.25, 0.3) is 0 Å². The van der Waals surface area contributed by atoms with Crippen LogP contribution in [0.15, 0.2) is 18.2 Å². The maximum Gasteiger partial charge on any atom is 0.144 e. The van der Waals surface area contributed by atoms with Crippen LogP contribution in [-0.2, 0) is 0 Å². The van der Waals surface area contributed by atoms with E-state index in [9.17, 15) is 0 Å². The van der Waals surface area contributed by atoms with Crippen LogP contribution >= 0.6 is 0 Å². The number of hydrogen-bond donors (Lipinski definition) is 2. The lowest BCUT2D eigenvalue weighted by Crippen LogP contribution is -2.34. The van der Waals surface area contributed by atoms with Crippen molar-refractivity contribution in [3.63, 3.8) is 0 Å². The molecule has 1 aliphatic carbocycles. The van der Waals surface area contributed by atoms with E-state index in [-0.39, 0.29) is 0 Å². The van der Waals surface area contributed by atoms with Crippen molar-refractivity contribution in [2.75, 3.05) is 30.3 Å². The number of fused-ring (bicyclic) bond motifs is 1. The van der Waals surface area contributed by atoms with Gasteiger partial charge < -0.3 is 15.4 Å². The molecule has 3 heteroatoms. The minimum absolute atomic E-state index is 0.414. The first-order valence-electron chi connectivity index (χ1n) is 8.57. The van der Waals surface area contributed by atoms with Crippen molar-refractivity contribution in [3.8, 4) is 5.75 Å². The third-order valence-electron chi connectivity index (χ3n) is 4.95. The lowest BCUT2D eigenvalue weighted by atomic mass is 9.80. The molecule has 21 heavy (non-hydrogen) atoms. The zero-order valence-electron chi connectivity index (χ0n) is 13.2. The van der Waals surface area contributed by atoms with Crippen LogP contribution in [0.3, 0.4) is 0 Å². The lowest BCUT2D eigenvalue weighted by molar-refractivity contribution is 0.285. The lowest BCUT2D eigenvalue weighted by Gasteiger charge is -2.31. The van der Waals surface area contributed by atoms with Gasteiger partial charge in [-0.05, 0) is 31.4 Å². The highest BCUT2D eigenvalue weighted by Crippen LogP contribution is 2.41. The average molecular weight is 288 g/mol. The summed E-state index contributed by atoms with van der Waals surface area (Å²) in [6, 6.07) is 6.33. The van der Waals surface area contributed by atoms with E-state index in [0.717, 1.165) is 37.6 Å². The van der Waals surface area contributed by atoms with Gasteiger partial charge in [-0.15, -0.1) is 0 Å². The summed E-state index contributed by atoms with van der Waals surface area (Å²) in [7, 11) is 0. The quantitative estimate of drug-likeness (QED) is 0.849. The topological polar surface area (TPSA) is 33.3 Å². The Balaban J connectivity index is 1.78. The number of anilines is 2. The summed E-state index contributed by atoms with van der Waals surface area (Å²) in [6.45, 7) is 5.08. The van der Waals surface area contributed by atoms with Crippen molar-refractivity contribution >= 4 is 11.4 Å². The smallest absolute Gasteiger partial charge is 0.144 e. The molecule has 1 spiro atoms. The fraction of sp³-hybridized carbons (Fsp3) is 0.667. The van der Waals surface area contributed by atoms with E-state index in [2.05, 4.69) is 35.8 Å². The van der Waals surface area contributed by atoms with E-state index >= 15 is 0 Å². The minimum Gasteiger partial charge on any atom is -0.491 e. The van der Waals surface area contributed by atoms with Gasteiger partial charge in [-0.25, -0.2) is 0 Å². The molecule has 2 aliphatic rings. The van der Waals surface area contributed by atoms with Crippen molar-refractivity contribution in [2.45, 2.75) is 51.9 Å². The number of hydrogen-bond acceptors (Lipinski definition) is 3. The van der Waals surface area contributed by atoms with Crippen LogP contribution in [0.25, 0.3) is 0 Å². The fourth-order valence-corrected chi connectivity index (χ4v) is 3.65. The highest BCUT2D eigenvalue weighted by atomic mass is 16.5. The van der Waals surface area contributed by atoms with Crippen LogP contribution in [0.4, 0.5) is 11.4 Å². The monoisotopic (exact) mass is 288 g/mol. The molecule has 0 bridgehead atoms. The second-order valence-corrected chi connectivity index (χ2v) is 6.65. The van der Waals surface area contributed by atoms with Crippen molar-refractivity contribution in [2.24, 2.45) is 5.41 Å². The summed E-state index contributed by atoms with van der Waals surface area (Å²) in [6.07, 6.45) is 9.27. The van der Waals surface area contributed by atoms with E-state index in [1.54, 1.807) is 0 Å². The molecule has 0 radical (unpaired) electrons. The van der Waals surface area contributed by atoms with Crippen LogP contribution in [-0.4, -0.2) is 19.7 Å². The maximum atomic E-state index is 5.91. The van der Waals surface area contributed by atoms with Crippen molar-refractivity contribution in [1.82, 2.24) is 0 Å². The van der Waals surface area contributed by atoms with Crippen molar-refractivity contribution in [3.05, 3.63) is 18.2 Å². The second kappa shape index (κ2) is 6.59. The molecule has 0 atom stereocenters. The molecule has 1 aliphatic heterocycles. The predicted octanol–water partition coefficient (Wildman–Crippen LogP) is 4.65. The molecule has 0 unspecified atom stereocenters. The molecular weight excluding hydrogens is 260 g/mol. The van der Waals surface area contributed by atoms with Gasteiger partial charge in [-0.1, -0.05) is 38.7 Å². The second-order valence-electron chi connectivity index (χ2n) is 6.65. The van der Waals surface area contributed by atoms with Gasteiger partial charge in [0.1, 0.15) is 11.4 Å². The number of ether oxygens (including phenoxy) is 1. The van der Waals surface area contributed by atoms with E-state index < -0.39 is 0 Å². The third-order valence-corrected chi connectivity index (χ3v) is 4.95. The number of benzene rings is 1. The van der Waals surface area contributed by atoms with Crippen LogP contribution in [0, 0.1) is 5.41 Å². The normalized spacial score (nSPS) is 20.6. The van der Waals surface area contributed by atoms with Crippen LogP contribution in [0.1, 0.15) is 51.9 Å². The van der Waals surface area contributed by atoms with Gasteiger partial charge in [0.2, 0.25) is 0 Å². The standard InChI is InChI=1S/C18H28N2O/c1-2-12-21-16-9-7-8-15-17(16)20-14-18(13-19-15)10-5-3-4-6-11-18/h7-9,19-20H,2-6,10-14H2,1H3. The largest absolute Gasteiger partial charge is 0.491 e. The fourth-order valence-electron chi connectivity index (χ4n) is 3.65. The van der Waals surface area contributed by atoms with E-state index in [1.165, 1.54) is 44.2 Å². The zero-order valence-corrected chi connectivity index (χ0v) is 13.2. The Morgan fingerprint density at radius 3 is 2.57 bits per heavy atom. The molecule has 116 valence electrons. The molecule has 0 aromatic heterocycles. The van der Waals surface area contributed by atoms with Crippen LogP contribution in [0.5, 0.6) is 5.75 Å². The molecule has 0 amide bonds. The first-order chi connectivity index (χ1) is 10.3. The molecular formula is C18H28N2O. The highest BCUT2D eigenvalue weighted by Gasteiger charge is 2.33. The summed E-state index contributed by atoms with van der Waals surface area (Å²) in [5.41, 5.74) is 2.77. The molecule has 1 fully saturated rings. The summed E-state index contributed by atoms with van der Waals surface area (Å²) < 4.78 is 5.91. The van der Waals surface area contributed by atoms with E-state index in [4.69, 9.17) is 4.74 Å². The minimum atomic E-state index is 0.414. The SMILES string of the molecule is CCCOc1cccc2c1NCC1(CCCCCC1)CN2. The van der Waals surface area contributed by atoms with E-state index in [1.807, 2.05) is 0 Å². The zero-order chi connectivity index (χ0) is 14.5. The molecule has 1 saturated carbocycles. The summed E-state index contributed by atoms with van der Waals surface area (Å²) in [5.74, 6) is 0.993. The Morgan fingerprint density at radius 1 is 1.05 bits per heavy atom. The van der Waals surface area contributed by atoms with Crippen LogP contribution in [0.2, 0.25) is 0 Å². The predicted molar refractivity (Wildman–Crippen MR) is 89.3 cm³/mol. The Kier molecular flexibility index (Phi) is 4.57. The number of nitrogens with one attached hydrogen (secondary N) is 2. The number of rotatable bonds is 3. The molecule has 3 nitrogen and oxygen atoms in total. The maximum absolute atomic E-state index is 5.91. The van der Waals surface area contributed by atoms with Crippen molar-refractivity contribution < 1.29 is 4.74 Å². The molecule has 3 rings (SSSR count). The Morgan fingerprint density at radius 2 is 1.81 bits per heavy atom. The Labute approximate surface area is 128 Å². The summed E-state index contributed by atoms with van der Waals surface area (Å²) >= 11 is 0. The first kappa shape index (κ1) is 14.6. The van der Waals surface area contributed by atoms with E-state index in [0.29, 0.717) is 5.41 Å². The summed E-state index contributed by atoms with van der Waals surface area (Å²) in [4.78, 5) is 0. The van der Waals surface area contributed by atoms with Gasteiger partial charge in [0.15, 0.2) is 0 Å². The molecule has 2 N–H and O–H groups in total. The van der Waals surface area contributed by atoms with Crippen LogP contribution < -0.4 is 15.4 Å². The number of para-hydroxylation sites is 1. The summed E-state index contributed by atoms with van der Waals surface area (Å²) in [5, 5.41) is 7.39. The average Bonchev–Trinajstić information content (AvgIpc) is 2.85. The van der Waals surface area contributed by atoms with Crippen molar-refractivity contribution in [1.29, 1.82) is 0 Å². The molecule has 1 aromatic carbocycles. The van der Waals surface area contributed by atoms with Gasteiger partial charge in [0.05, 0.1) is 12.3 Å².